The molecule has 5 nitrogen and oxygen atoms in total. The zero-order valence-corrected chi connectivity index (χ0v) is 16.3. The van der Waals surface area contributed by atoms with E-state index in [0.29, 0.717) is 5.56 Å². The summed E-state index contributed by atoms with van der Waals surface area (Å²) in [6, 6.07) is 16.9. The van der Waals surface area contributed by atoms with Gasteiger partial charge >= 0.3 is 0 Å². The van der Waals surface area contributed by atoms with Crippen LogP contribution in [0.4, 0.5) is 0 Å². The predicted octanol–water partition coefficient (Wildman–Crippen LogP) is 4.11. The molecule has 27 heavy (non-hydrogen) atoms. The Morgan fingerprint density at radius 3 is 2.44 bits per heavy atom. The van der Waals surface area contributed by atoms with Crippen molar-refractivity contribution in [1.29, 1.82) is 0 Å². The standard InChI is InChI=1S/C20H18ClNO4S/c1-13(14-6-7-16-11-18(26-2)9-8-15(16)10-14)20(23)22-27(24,25)19-5-3-4-17(21)12-19/h3-13H,1-2H3,(H,22,23). The molecule has 0 fully saturated rings. The molecule has 3 aromatic carbocycles. The zero-order chi connectivity index (χ0) is 19.6. The molecule has 1 unspecified atom stereocenters. The summed E-state index contributed by atoms with van der Waals surface area (Å²) in [4.78, 5) is 12.5. The van der Waals surface area contributed by atoms with E-state index in [2.05, 4.69) is 4.72 Å². The maximum absolute atomic E-state index is 12.5. The molecule has 1 atom stereocenters. The highest BCUT2D eigenvalue weighted by molar-refractivity contribution is 7.90. The molecule has 0 aliphatic heterocycles. The minimum Gasteiger partial charge on any atom is -0.497 e. The molecular formula is C20H18ClNO4S. The van der Waals surface area contributed by atoms with Crippen molar-refractivity contribution in [3.8, 4) is 5.75 Å². The van der Waals surface area contributed by atoms with Crippen molar-refractivity contribution in [3.05, 3.63) is 71.2 Å². The lowest BCUT2D eigenvalue weighted by atomic mass is 9.97. The summed E-state index contributed by atoms with van der Waals surface area (Å²) in [6.45, 7) is 1.66. The number of rotatable bonds is 5. The monoisotopic (exact) mass is 403 g/mol. The molecule has 0 saturated carbocycles. The third kappa shape index (κ3) is 4.23. The molecule has 0 heterocycles. The van der Waals surface area contributed by atoms with Crippen LogP contribution in [0.2, 0.25) is 5.02 Å². The van der Waals surface area contributed by atoms with Crippen LogP contribution in [0.3, 0.4) is 0 Å². The first-order valence-corrected chi connectivity index (χ1v) is 10.1. The fraction of sp³-hybridized carbons (Fsp3) is 0.150. The highest BCUT2D eigenvalue weighted by Crippen LogP contribution is 2.25. The summed E-state index contributed by atoms with van der Waals surface area (Å²) in [5, 5.41) is 2.19. The first kappa shape index (κ1) is 19.2. The van der Waals surface area contributed by atoms with Crippen molar-refractivity contribution in [3.63, 3.8) is 0 Å². The number of hydrogen-bond acceptors (Lipinski definition) is 4. The minimum atomic E-state index is -3.99. The van der Waals surface area contributed by atoms with Gasteiger partial charge in [0.05, 0.1) is 17.9 Å². The van der Waals surface area contributed by atoms with Crippen molar-refractivity contribution < 1.29 is 17.9 Å². The molecule has 0 spiro atoms. The lowest BCUT2D eigenvalue weighted by Gasteiger charge is -2.14. The van der Waals surface area contributed by atoms with Crippen LogP contribution in [0.25, 0.3) is 10.8 Å². The van der Waals surface area contributed by atoms with Crippen LogP contribution < -0.4 is 9.46 Å². The topological polar surface area (TPSA) is 72.5 Å². The number of sulfonamides is 1. The van der Waals surface area contributed by atoms with Gasteiger partial charge in [-0.1, -0.05) is 41.9 Å². The van der Waals surface area contributed by atoms with Crippen molar-refractivity contribution >= 4 is 38.3 Å². The molecule has 3 aromatic rings. The summed E-state index contributed by atoms with van der Waals surface area (Å²) >= 11 is 5.84. The summed E-state index contributed by atoms with van der Waals surface area (Å²) in [6.07, 6.45) is 0. The second-order valence-electron chi connectivity index (χ2n) is 6.12. The highest BCUT2D eigenvalue weighted by atomic mass is 35.5. The molecule has 3 rings (SSSR count). The van der Waals surface area contributed by atoms with Crippen molar-refractivity contribution in [2.45, 2.75) is 17.7 Å². The number of nitrogens with one attached hydrogen (secondary N) is 1. The van der Waals surface area contributed by atoms with Crippen LogP contribution in [0.1, 0.15) is 18.4 Å². The Morgan fingerprint density at radius 1 is 1.04 bits per heavy atom. The number of benzene rings is 3. The van der Waals surface area contributed by atoms with Crippen LogP contribution in [0.5, 0.6) is 5.75 Å². The first-order valence-electron chi connectivity index (χ1n) is 8.20. The van der Waals surface area contributed by atoms with Gasteiger partial charge in [0, 0.05) is 5.02 Å². The Morgan fingerprint density at radius 2 is 1.74 bits per heavy atom. The van der Waals surface area contributed by atoms with Crippen LogP contribution >= 0.6 is 11.6 Å². The number of ether oxygens (including phenoxy) is 1. The van der Waals surface area contributed by atoms with Gasteiger partial charge in [0.25, 0.3) is 10.0 Å². The molecule has 0 radical (unpaired) electrons. The number of halogens is 1. The lowest BCUT2D eigenvalue weighted by molar-refractivity contribution is -0.120. The van der Waals surface area contributed by atoms with E-state index in [-0.39, 0.29) is 9.92 Å². The van der Waals surface area contributed by atoms with Gasteiger partial charge in [-0.3, -0.25) is 4.79 Å². The summed E-state index contributed by atoms with van der Waals surface area (Å²) < 4.78 is 32.1. The molecule has 1 amide bonds. The lowest BCUT2D eigenvalue weighted by Crippen LogP contribution is -2.33. The fourth-order valence-electron chi connectivity index (χ4n) is 2.70. The molecule has 0 aliphatic carbocycles. The van der Waals surface area contributed by atoms with Gasteiger partial charge in [-0.15, -0.1) is 0 Å². The number of hydrogen-bond donors (Lipinski definition) is 1. The van der Waals surface area contributed by atoms with Crippen LogP contribution in [-0.2, 0) is 14.8 Å². The van der Waals surface area contributed by atoms with E-state index in [1.165, 1.54) is 18.2 Å². The largest absolute Gasteiger partial charge is 0.497 e. The number of fused-ring (bicyclic) bond motifs is 1. The van der Waals surface area contributed by atoms with E-state index in [0.717, 1.165) is 16.5 Å². The molecular weight excluding hydrogens is 386 g/mol. The average molecular weight is 404 g/mol. The predicted molar refractivity (Wildman–Crippen MR) is 106 cm³/mol. The first-order chi connectivity index (χ1) is 12.8. The molecule has 0 aromatic heterocycles. The summed E-state index contributed by atoms with van der Waals surface area (Å²) in [5.41, 5.74) is 0.714. The maximum Gasteiger partial charge on any atom is 0.264 e. The molecule has 0 aliphatic rings. The molecule has 140 valence electrons. The fourth-order valence-corrected chi connectivity index (χ4v) is 4.06. The second kappa shape index (κ2) is 7.58. The van der Waals surface area contributed by atoms with Gasteiger partial charge in [-0.25, -0.2) is 13.1 Å². The average Bonchev–Trinajstić information content (AvgIpc) is 2.66. The highest BCUT2D eigenvalue weighted by Gasteiger charge is 2.23. The van der Waals surface area contributed by atoms with Gasteiger partial charge in [-0.2, -0.15) is 0 Å². The number of carbonyl (C=O) groups excluding carboxylic acids is 1. The Hall–Kier alpha value is -2.57. The Balaban J connectivity index is 1.83. The maximum atomic E-state index is 12.5. The van der Waals surface area contributed by atoms with E-state index in [1.807, 2.05) is 30.3 Å². The van der Waals surface area contributed by atoms with Gasteiger partial charge in [0.2, 0.25) is 5.91 Å². The summed E-state index contributed by atoms with van der Waals surface area (Å²) in [5.74, 6) is -0.512. The van der Waals surface area contributed by atoms with Gasteiger partial charge in [0.15, 0.2) is 0 Å². The minimum absolute atomic E-state index is 0.0545. The zero-order valence-electron chi connectivity index (χ0n) is 14.8. The van der Waals surface area contributed by atoms with Gasteiger partial charge in [0.1, 0.15) is 5.75 Å². The smallest absolute Gasteiger partial charge is 0.264 e. The van der Waals surface area contributed by atoms with Crippen molar-refractivity contribution in [1.82, 2.24) is 4.72 Å². The number of carbonyl (C=O) groups is 1. The van der Waals surface area contributed by atoms with Crippen LogP contribution in [-0.4, -0.2) is 21.4 Å². The van der Waals surface area contributed by atoms with Gasteiger partial charge in [-0.05, 0) is 53.6 Å². The Bertz CT molecular complexity index is 1110. The van der Waals surface area contributed by atoms with Crippen molar-refractivity contribution in [2.75, 3.05) is 7.11 Å². The third-order valence-electron chi connectivity index (χ3n) is 4.31. The molecule has 7 heteroatoms. The quantitative estimate of drug-likeness (QED) is 0.695. The molecule has 1 N–H and O–H groups in total. The van der Waals surface area contributed by atoms with Gasteiger partial charge < -0.3 is 4.74 Å². The number of methoxy groups -OCH3 is 1. The van der Waals surface area contributed by atoms with E-state index < -0.39 is 21.8 Å². The van der Waals surface area contributed by atoms with Crippen LogP contribution in [0, 0.1) is 0 Å². The second-order valence-corrected chi connectivity index (χ2v) is 8.24. The molecule has 0 bridgehead atoms. The van der Waals surface area contributed by atoms with Crippen molar-refractivity contribution in [2.24, 2.45) is 0 Å². The number of amides is 1. The van der Waals surface area contributed by atoms with E-state index in [1.54, 1.807) is 26.2 Å². The Labute approximate surface area is 163 Å². The van der Waals surface area contributed by atoms with Crippen LogP contribution in [0.15, 0.2) is 65.6 Å². The SMILES string of the molecule is COc1ccc2cc(C(C)C(=O)NS(=O)(=O)c3cccc(Cl)c3)ccc2c1. The van der Waals surface area contributed by atoms with E-state index in [4.69, 9.17) is 16.3 Å². The Kier molecular flexibility index (Phi) is 5.39. The summed E-state index contributed by atoms with van der Waals surface area (Å²) in [7, 11) is -2.39. The third-order valence-corrected chi connectivity index (χ3v) is 5.89. The normalized spacial score (nSPS) is 12.6. The molecule has 0 saturated heterocycles. The van der Waals surface area contributed by atoms with E-state index >= 15 is 0 Å². The van der Waals surface area contributed by atoms with E-state index in [9.17, 15) is 13.2 Å².